The number of aromatic nitrogens is 1. The van der Waals surface area contributed by atoms with E-state index in [2.05, 4.69) is 0 Å². The third kappa shape index (κ3) is 2.49. The quantitative estimate of drug-likeness (QED) is 0.787. The molecule has 0 aliphatic rings. The van der Waals surface area contributed by atoms with Crippen LogP contribution in [0, 0.1) is 5.82 Å². The van der Waals surface area contributed by atoms with Crippen molar-refractivity contribution in [2.75, 3.05) is 0 Å². The average molecular weight is 238 g/mol. The SMILES string of the molecule is O=c1ccn(Cc2ccc(Cl)cc2F)cc1. The van der Waals surface area contributed by atoms with Gasteiger partial charge >= 0.3 is 0 Å². The molecule has 16 heavy (non-hydrogen) atoms. The van der Waals surface area contributed by atoms with E-state index in [1.165, 1.54) is 18.2 Å². The van der Waals surface area contributed by atoms with Crippen LogP contribution in [0.2, 0.25) is 5.02 Å². The molecule has 4 heteroatoms. The van der Waals surface area contributed by atoms with E-state index in [1.54, 1.807) is 29.1 Å². The fraction of sp³-hybridized carbons (Fsp3) is 0.0833. The molecule has 0 unspecified atom stereocenters. The fourth-order valence-corrected chi connectivity index (χ4v) is 1.55. The van der Waals surface area contributed by atoms with Crippen LogP contribution in [0.5, 0.6) is 0 Å². The van der Waals surface area contributed by atoms with Gasteiger partial charge in [0, 0.05) is 41.7 Å². The summed E-state index contributed by atoms with van der Waals surface area (Å²) >= 11 is 5.65. The van der Waals surface area contributed by atoms with Crippen LogP contribution in [-0.4, -0.2) is 4.57 Å². The lowest BCUT2D eigenvalue weighted by atomic mass is 10.2. The van der Waals surface area contributed by atoms with Gasteiger partial charge in [-0.15, -0.1) is 0 Å². The first kappa shape index (κ1) is 10.9. The first-order chi connectivity index (χ1) is 7.65. The second-order valence-corrected chi connectivity index (χ2v) is 3.88. The smallest absolute Gasteiger partial charge is 0.181 e. The van der Waals surface area contributed by atoms with E-state index < -0.39 is 0 Å². The molecule has 0 radical (unpaired) electrons. The highest BCUT2D eigenvalue weighted by Gasteiger charge is 2.02. The lowest BCUT2D eigenvalue weighted by molar-refractivity contribution is 0.599. The number of pyridine rings is 1. The van der Waals surface area contributed by atoms with Crippen molar-refractivity contribution in [3.8, 4) is 0 Å². The first-order valence-corrected chi connectivity index (χ1v) is 5.13. The van der Waals surface area contributed by atoms with Crippen molar-refractivity contribution in [1.29, 1.82) is 0 Å². The normalized spacial score (nSPS) is 10.4. The number of hydrogen-bond acceptors (Lipinski definition) is 1. The summed E-state index contributed by atoms with van der Waals surface area (Å²) in [6.07, 6.45) is 3.24. The Morgan fingerprint density at radius 3 is 2.50 bits per heavy atom. The van der Waals surface area contributed by atoms with E-state index in [0.29, 0.717) is 17.1 Å². The maximum Gasteiger partial charge on any atom is 0.181 e. The highest BCUT2D eigenvalue weighted by Crippen LogP contribution is 2.15. The van der Waals surface area contributed by atoms with Crippen molar-refractivity contribution in [3.05, 3.63) is 69.4 Å². The molecule has 82 valence electrons. The predicted octanol–water partition coefficient (Wildman–Crippen LogP) is 2.69. The lowest BCUT2D eigenvalue weighted by Gasteiger charge is -2.07. The van der Waals surface area contributed by atoms with Crippen LogP contribution < -0.4 is 5.43 Å². The summed E-state index contributed by atoms with van der Waals surface area (Å²) in [5.74, 6) is -0.341. The van der Waals surface area contributed by atoms with Crippen molar-refractivity contribution in [2.45, 2.75) is 6.54 Å². The van der Waals surface area contributed by atoms with E-state index in [9.17, 15) is 9.18 Å². The summed E-state index contributed by atoms with van der Waals surface area (Å²) in [7, 11) is 0. The zero-order valence-corrected chi connectivity index (χ0v) is 9.12. The maximum absolute atomic E-state index is 13.5. The molecule has 0 saturated carbocycles. The van der Waals surface area contributed by atoms with Crippen LogP contribution in [0.25, 0.3) is 0 Å². The van der Waals surface area contributed by atoms with Crippen LogP contribution in [0.15, 0.2) is 47.5 Å². The van der Waals surface area contributed by atoms with Gasteiger partial charge in [-0.25, -0.2) is 4.39 Å². The van der Waals surface area contributed by atoms with E-state index in [0.717, 1.165) is 0 Å². The first-order valence-electron chi connectivity index (χ1n) is 4.75. The standard InChI is InChI=1S/C12H9ClFNO/c13-10-2-1-9(12(14)7-10)8-15-5-3-11(16)4-6-15/h1-7H,8H2. The summed E-state index contributed by atoms with van der Waals surface area (Å²) in [6, 6.07) is 7.43. The highest BCUT2D eigenvalue weighted by molar-refractivity contribution is 6.30. The number of benzene rings is 1. The molecule has 2 rings (SSSR count). The summed E-state index contributed by atoms with van der Waals surface area (Å²) in [5, 5.41) is 0.376. The number of rotatable bonds is 2. The topological polar surface area (TPSA) is 22.0 Å². The highest BCUT2D eigenvalue weighted by atomic mass is 35.5. The van der Waals surface area contributed by atoms with Crippen LogP contribution in [0.3, 0.4) is 0 Å². The van der Waals surface area contributed by atoms with Gasteiger partial charge in [-0.1, -0.05) is 17.7 Å². The molecule has 0 atom stereocenters. The Kier molecular flexibility index (Phi) is 3.06. The third-order valence-corrected chi connectivity index (χ3v) is 2.46. The van der Waals surface area contributed by atoms with Gasteiger partial charge in [-0.3, -0.25) is 4.79 Å². The largest absolute Gasteiger partial charge is 0.350 e. The van der Waals surface area contributed by atoms with Gasteiger partial charge in [-0.2, -0.15) is 0 Å². The Morgan fingerprint density at radius 1 is 1.19 bits per heavy atom. The summed E-state index contributed by atoms with van der Waals surface area (Å²) in [4.78, 5) is 10.9. The van der Waals surface area contributed by atoms with Gasteiger partial charge in [0.2, 0.25) is 0 Å². The molecule has 1 aromatic carbocycles. The minimum atomic E-state index is -0.341. The van der Waals surface area contributed by atoms with E-state index in [1.807, 2.05) is 0 Å². The number of nitrogens with zero attached hydrogens (tertiary/aromatic N) is 1. The monoisotopic (exact) mass is 237 g/mol. The summed E-state index contributed by atoms with van der Waals surface area (Å²) < 4.78 is 15.2. The Hall–Kier alpha value is -1.61. The van der Waals surface area contributed by atoms with Crippen molar-refractivity contribution in [1.82, 2.24) is 4.57 Å². The third-order valence-electron chi connectivity index (χ3n) is 2.23. The molecule has 0 spiro atoms. The number of hydrogen-bond donors (Lipinski definition) is 0. The molecule has 0 aliphatic heterocycles. The summed E-state index contributed by atoms with van der Waals surface area (Å²) in [6.45, 7) is 0.378. The molecule has 0 fully saturated rings. The Labute approximate surface area is 96.9 Å². The molecule has 1 heterocycles. The molecular formula is C12H9ClFNO. The van der Waals surface area contributed by atoms with Gasteiger partial charge in [-0.05, 0) is 12.1 Å². The van der Waals surface area contributed by atoms with Gasteiger partial charge in [0.15, 0.2) is 5.43 Å². The second kappa shape index (κ2) is 4.49. The minimum absolute atomic E-state index is 0.0622. The lowest BCUT2D eigenvalue weighted by Crippen LogP contribution is -2.05. The van der Waals surface area contributed by atoms with Crippen LogP contribution >= 0.6 is 11.6 Å². The molecular weight excluding hydrogens is 229 g/mol. The molecule has 1 aromatic heterocycles. The molecule has 0 aliphatic carbocycles. The Bertz CT molecular complexity index is 545. The summed E-state index contributed by atoms with van der Waals surface area (Å²) in [5.41, 5.74) is 0.473. The van der Waals surface area contributed by atoms with Crippen molar-refractivity contribution in [3.63, 3.8) is 0 Å². The molecule has 0 saturated heterocycles. The number of halogens is 2. The zero-order chi connectivity index (χ0) is 11.5. The Balaban J connectivity index is 2.27. The van der Waals surface area contributed by atoms with E-state index in [4.69, 9.17) is 11.6 Å². The molecule has 2 nitrogen and oxygen atoms in total. The van der Waals surface area contributed by atoms with Crippen molar-refractivity contribution >= 4 is 11.6 Å². The van der Waals surface area contributed by atoms with Crippen molar-refractivity contribution < 1.29 is 4.39 Å². The van der Waals surface area contributed by atoms with Gasteiger partial charge < -0.3 is 4.57 Å². The van der Waals surface area contributed by atoms with Gasteiger partial charge in [0.1, 0.15) is 5.82 Å². The second-order valence-electron chi connectivity index (χ2n) is 3.44. The van der Waals surface area contributed by atoms with Crippen molar-refractivity contribution in [2.24, 2.45) is 0 Å². The van der Waals surface area contributed by atoms with E-state index in [-0.39, 0.29) is 11.2 Å². The average Bonchev–Trinajstić information content (AvgIpc) is 2.25. The molecule has 0 N–H and O–H groups in total. The van der Waals surface area contributed by atoms with Gasteiger partial charge in [0.25, 0.3) is 0 Å². The molecule has 2 aromatic rings. The van der Waals surface area contributed by atoms with Crippen LogP contribution in [0.4, 0.5) is 4.39 Å². The van der Waals surface area contributed by atoms with Gasteiger partial charge in [0.05, 0.1) is 0 Å². The maximum atomic E-state index is 13.5. The van der Waals surface area contributed by atoms with Crippen LogP contribution in [-0.2, 0) is 6.54 Å². The minimum Gasteiger partial charge on any atom is -0.350 e. The fourth-order valence-electron chi connectivity index (χ4n) is 1.40. The zero-order valence-electron chi connectivity index (χ0n) is 8.36. The molecule has 0 bridgehead atoms. The Morgan fingerprint density at radius 2 is 1.88 bits per heavy atom. The molecule has 0 amide bonds. The predicted molar refractivity (Wildman–Crippen MR) is 61.2 cm³/mol. The van der Waals surface area contributed by atoms with Crippen LogP contribution in [0.1, 0.15) is 5.56 Å². The van der Waals surface area contributed by atoms with E-state index >= 15 is 0 Å².